The van der Waals surface area contributed by atoms with E-state index in [-0.39, 0.29) is 18.1 Å². The molecular formula is C15H19F2N3O. The minimum atomic E-state index is -0.600. The lowest BCUT2D eigenvalue weighted by Crippen LogP contribution is -2.34. The predicted octanol–water partition coefficient (Wildman–Crippen LogP) is 1.54. The van der Waals surface area contributed by atoms with E-state index in [0.717, 1.165) is 12.8 Å². The summed E-state index contributed by atoms with van der Waals surface area (Å²) in [7, 11) is 0. The average molecular weight is 295 g/mol. The van der Waals surface area contributed by atoms with Gasteiger partial charge in [-0.1, -0.05) is 0 Å². The zero-order valence-corrected chi connectivity index (χ0v) is 11.8. The molecule has 0 aromatic heterocycles. The third-order valence-electron chi connectivity index (χ3n) is 3.83. The maximum atomic E-state index is 14.3. The summed E-state index contributed by atoms with van der Waals surface area (Å²) in [6.07, 6.45) is 2.94. The van der Waals surface area contributed by atoms with Gasteiger partial charge in [0.15, 0.2) is 0 Å². The Hall–Kier alpha value is -1.69. The van der Waals surface area contributed by atoms with Crippen LogP contribution >= 0.6 is 0 Å². The molecule has 0 bridgehead atoms. The topological polar surface area (TPSA) is 44.4 Å². The molecule has 0 radical (unpaired) electrons. The highest BCUT2D eigenvalue weighted by atomic mass is 19.1. The summed E-state index contributed by atoms with van der Waals surface area (Å²) in [6, 6.07) is 3.21. The summed E-state index contributed by atoms with van der Waals surface area (Å²) in [5.41, 5.74) is 0.502. The lowest BCUT2D eigenvalue weighted by atomic mass is 10.1. The molecule has 1 saturated carbocycles. The highest BCUT2D eigenvalue weighted by molar-refractivity contribution is 5.81. The SMILES string of the molecule is O=C1CN(c2c(F)cc(CNC3CC3)cc2F)CCCN1. The highest BCUT2D eigenvalue weighted by Crippen LogP contribution is 2.26. The number of benzene rings is 1. The van der Waals surface area contributed by atoms with E-state index >= 15 is 0 Å². The Kier molecular flexibility index (Phi) is 4.05. The fraction of sp³-hybridized carbons (Fsp3) is 0.533. The van der Waals surface area contributed by atoms with Crippen LogP contribution in [0.5, 0.6) is 0 Å². The zero-order valence-electron chi connectivity index (χ0n) is 11.8. The van der Waals surface area contributed by atoms with Crippen molar-refractivity contribution in [3.05, 3.63) is 29.3 Å². The molecular weight excluding hydrogens is 276 g/mol. The second-order valence-corrected chi connectivity index (χ2v) is 5.69. The summed E-state index contributed by atoms with van der Waals surface area (Å²) in [5, 5.41) is 5.93. The molecule has 3 rings (SSSR count). The van der Waals surface area contributed by atoms with Gasteiger partial charge in [0, 0.05) is 25.7 Å². The standard InChI is InChI=1S/C15H19F2N3O/c16-12-6-10(8-19-11-2-3-11)7-13(17)15(12)20-5-1-4-18-14(21)9-20/h6-7,11,19H,1-5,8-9H2,(H,18,21). The normalized spacial score (nSPS) is 19.3. The number of rotatable bonds is 4. The lowest BCUT2D eigenvalue weighted by Gasteiger charge is -2.23. The molecule has 2 N–H and O–H groups in total. The van der Waals surface area contributed by atoms with Crippen LogP contribution in [0.25, 0.3) is 0 Å². The first kappa shape index (κ1) is 14.3. The van der Waals surface area contributed by atoms with Gasteiger partial charge in [0.25, 0.3) is 0 Å². The number of carbonyl (C=O) groups excluding carboxylic acids is 1. The molecule has 1 saturated heterocycles. The Morgan fingerprint density at radius 1 is 1.29 bits per heavy atom. The van der Waals surface area contributed by atoms with Crippen LogP contribution in [-0.2, 0) is 11.3 Å². The molecule has 0 atom stereocenters. The Labute approximate surface area is 122 Å². The fourth-order valence-corrected chi connectivity index (χ4v) is 2.57. The summed E-state index contributed by atoms with van der Waals surface area (Å²) < 4.78 is 28.5. The van der Waals surface area contributed by atoms with Crippen molar-refractivity contribution in [2.45, 2.75) is 31.8 Å². The highest BCUT2D eigenvalue weighted by Gasteiger charge is 2.23. The minimum absolute atomic E-state index is 0.00644. The number of hydrogen-bond acceptors (Lipinski definition) is 3. The quantitative estimate of drug-likeness (QED) is 0.886. The van der Waals surface area contributed by atoms with E-state index in [1.54, 1.807) is 0 Å². The Morgan fingerprint density at radius 2 is 2.00 bits per heavy atom. The number of amides is 1. The first-order chi connectivity index (χ1) is 10.1. The molecule has 2 fully saturated rings. The molecule has 1 aromatic rings. The zero-order chi connectivity index (χ0) is 14.8. The van der Waals surface area contributed by atoms with E-state index in [1.165, 1.54) is 17.0 Å². The van der Waals surface area contributed by atoms with Gasteiger partial charge in [-0.15, -0.1) is 0 Å². The predicted molar refractivity (Wildman–Crippen MR) is 76.1 cm³/mol. The first-order valence-corrected chi connectivity index (χ1v) is 7.36. The van der Waals surface area contributed by atoms with Gasteiger partial charge in [0.1, 0.15) is 17.3 Å². The Balaban J connectivity index is 1.78. The van der Waals surface area contributed by atoms with E-state index in [1.807, 2.05) is 0 Å². The van der Waals surface area contributed by atoms with Gasteiger partial charge >= 0.3 is 0 Å². The molecule has 1 heterocycles. The number of nitrogens with one attached hydrogen (secondary N) is 2. The first-order valence-electron chi connectivity index (χ1n) is 7.36. The lowest BCUT2D eigenvalue weighted by molar-refractivity contribution is -0.119. The number of nitrogens with zero attached hydrogens (tertiary/aromatic N) is 1. The van der Waals surface area contributed by atoms with Crippen LogP contribution in [0.3, 0.4) is 0 Å². The maximum absolute atomic E-state index is 14.3. The Morgan fingerprint density at radius 3 is 2.67 bits per heavy atom. The van der Waals surface area contributed by atoms with Crippen LogP contribution in [0, 0.1) is 11.6 Å². The molecule has 4 nitrogen and oxygen atoms in total. The summed E-state index contributed by atoms with van der Waals surface area (Å²) in [4.78, 5) is 13.0. The van der Waals surface area contributed by atoms with Crippen LogP contribution in [0.2, 0.25) is 0 Å². The molecule has 1 aliphatic heterocycles. The average Bonchev–Trinajstić information content (AvgIpc) is 3.24. The second-order valence-electron chi connectivity index (χ2n) is 5.69. The van der Waals surface area contributed by atoms with Gasteiger partial charge in [-0.25, -0.2) is 8.78 Å². The van der Waals surface area contributed by atoms with Crippen molar-refractivity contribution in [2.75, 3.05) is 24.5 Å². The molecule has 0 spiro atoms. The second kappa shape index (κ2) is 5.97. The summed E-state index contributed by atoms with van der Waals surface area (Å²) in [5.74, 6) is -1.40. The van der Waals surface area contributed by atoms with Crippen molar-refractivity contribution in [1.82, 2.24) is 10.6 Å². The number of carbonyl (C=O) groups is 1. The van der Waals surface area contributed by atoms with E-state index in [9.17, 15) is 13.6 Å². The summed E-state index contributed by atoms with van der Waals surface area (Å²) >= 11 is 0. The van der Waals surface area contributed by atoms with Crippen LogP contribution < -0.4 is 15.5 Å². The third kappa shape index (κ3) is 3.50. The van der Waals surface area contributed by atoms with Gasteiger partial charge in [0.2, 0.25) is 5.91 Å². The maximum Gasteiger partial charge on any atom is 0.239 e. The summed E-state index contributed by atoms with van der Waals surface area (Å²) in [6.45, 7) is 1.47. The van der Waals surface area contributed by atoms with Crippen molar-refractivity contribution in [2.24, 2.45) is 0 Å². The van der Waals surface area contributed by atoms with Crippen molar-refractivity contribution >= 4 is 11.6 Å². The molecule has 2 aliphatic rings. The van der Waals surface area contributed by atoms with Crippen LogP contribution in [-0.4, -0.2) is 31.6 Å². The van der Waals surface area contributed by atoms with Gasteiger partial charge in [-0.3, -0.25) is 4.79 Å². The van der Waals surface area contributed by atoms with Gasteiger partial charge < -0.3 is 15.5 Å². The molecule has 0 unspecified atom stereocenters. The van der Waals surface area contributed by atoms with E-state index in [2.05, 4.69) is 10.6 Å². The monoisotopic (exact) mass is 295 g/mol. The van der Waals surface area contributed by atoms with E-state index in [4.69, 9.17) is 0 Å². The number of hydrogen-bond donors (Lipinski definition) is 2. The van der Waals surface area contributed by atoms with Crippen molar-refractivity contribution in [3.63, 3.8) is 0 Å². The number of anilines is 1. The minimum Gasteiger partial charge on any atom is -0.357 e. The fourth-order valence-electron chi connectivity index (χ4n) is 2.57. The molecule has 1 aliphatic carbocycles. The molecule has 6 heteroatoms. The Bertz CT molecular complexity index is 523. The van der Waals surface area contributed by atoms with Crippen LogP contribution in [0.1, 0.15) is 24.8 Å². The third-order valence-corrected chi connectivity index (χ3v) is 3.83. The molecule has 114 valence electrons. The van der Waals surface area contributed by atoms with Gasteiger partial charge in [-0.05, 0) is 37.0 Å². The van der Waals surface area contributed by atoms with Crippen LogP contribution in [0.15, 0.2) is 12.1 Å². The largest absolute Gasteiger partial charge is 0.357 e. The van der Waals surface area contributed by atoms with Gasteiger partial charge in [-0.2, -0.15) is 0 Å². The molecule has 1 amide bonds. The van der Waals surface area contributed by atoms with E-state index in [0.29, 0.717) is 37.7 Å². The van der Waals surface area contributed by atoms with E-state index < -0.39 is 11.6 Å². The van der Waals surface area contributed by atoms with Crippen molar-refractivity contribution in [3.8, 4) is 0 Å². The van der Waals surface area contributed by atoms with Gasteiger partial charge in [0.05, 0.1) is 6.54 Å². The number of halogens is 2. The van der Waals surface area contributed by atoms with Crippen LogP contribution in [0.4, 0.5) is 14.5 Å². The molecule has 1 aromatic carbocycles. The van der Waals surface area contributed by atoms with Crippen molar-refractivity contribution < 1.29 is 13.6 Å². The smallest absolute Gasteiger partial charge is 0.239 e. The molecule has 21 heavy (non-hydrogen) atoms. The van der Waals surface area contributed by atoms with Crippen molar-refractivity contribution in [1.29, 1.82) is 0 Å².